The van der Waals surface area contributed by atoms with Gasteiger partial charge >= 0.3 is 0 Å². The number of azo groups is 1. The zero-order valence-corrected chi connectivity index (χ0v) is 13.0. The van der Waals surface area contributed by atoms with E-state index in [0.717, 1.165) is 17.8 Å². The molecule has 0 spiro atoms. The number of rotatable bonds is 4. The summed E-state index contributed by atoms with van der Waals surface area (Å²) in [5.41, 5.74) is 1.05. The van der Waals surface area contributed by atoms with Gasteiger partial charge in [0.05, 0.1) is 21.7 Å². The van der Waals surface area contributed by atoms with E-state index in [9.17, 15) is 10.1 Å². The first-order chi connectivity index (χ1) is 11.5. The molecular formula is C16H12N6O2. The van der Waals surface area contributed by atoms with E-state index < -0.39 is 4.92 Å². The van der Waals surface area contributed by atoms with Crippen LogP contribution in [-0.2, 0) is 0 Å². The van der Waals surface area contributed by atoms with Crippen molar-refractivity contribution in [1.29, 1.82) is 10.5 Å². The highest BCUT2D eigenvalue weighted by Gasteiger charge is 2.16. The van der Waals surface area contributed by atoms with Gasteiger partial charge in [-0.2, -0.15) is 15.6 Å². The fraction of sp³-hybridized carbons (Fsp3) is 0.125. The van der Waals surface area contributed by atoms with Crippen molar-refractivity contribution in [2.24, 2.45) is 10.2 Å². The van der Waals surface area contributed by atoms with Gasteiger partial charge in [0.15, 0.2) is 0 Å². The second-order valence-corrected chi connectivity index (χ2v) is 4.98. The van der Waals surface area contributed by atoms with E-state index in [1.807, 2.05) is 43.3 Å². The quantitative estimate of drug-likeness (QED) is 0.482. The molecule has 0 bridgehead atoms. The van der Waals surface area contributed by atoms with E-state index in [0.29, 0.717) is 5.69 Å². The molecule has 0 saturated carbocycles. The predicted molar refractivity (Wildman–Crippen MR) is 87.5 cm³/mol. The molecule has 0 aliphatic heterocycles. The minimum absolute atomic E-state index is 0.0160. The summed E-state index contributed by atoms with van der Waals surface area (Å²) in [4.78, 5) is 12.1. The van der Waals surface area contributed by atoms with Crippen LogP contribution in [0.2, 0.25) is 0 Å². The Bertz CT molecular complexity index is 853. The van der Waals surface area contributed by atoms with E-state index in [4.69, 9.17) is 10.5 Å². The lowest BCUT2D eigenvalue weighted by molar-refractivity contribution is -0.384. The van der Waals surface area contributed by atoms with Gasteiger partial charge in [0, 0.05) is 31.9 Å². The van der Waals surface area contributed by atoms with Gasteiger partial charge < -0.3 is 4.90 Å². The first-order valence-corrected chi connectivity index (χ1v) is 6.78. The fourth-order valence-corrected chi connectivity index (χ4v) is 1.93. The molecule has 24 heavy (non-hydrogen) atoms. The summed E-state index contributed by atoms with van der Waals surface area (Å²) in [6, 6.07) is 12.9. The van der Waals surface area contributed by atoms with Gasteiger partial charge in [-0.3, -0.25) is 10.1 Å². The highest BCUT2D eigenvalue weighted by Crippen LogP contribution is 2.30. The van der Waals surface area contributed by atoms with Gasteiger partial charge in [0.25, 0.3) is 5.69 Å². The molecule has 2 aromatic rings. The maximum absolute atomic E-state index is 10.8. The zero-order chi connectivity index (χ0) is 17.7. The van der Waals surface area contributed by atoms with Crippen molar-refractivity contribution < 1.29 is 4.92 Å². The van der Waals surface area contributed by atoms with Crippen LogP contribution in [0.15, 0.2) is 46.6 Å². The molecule has 8 heteroatoms. The maximum atomic E-state index is 10.8. The van der Waals surface area contributed by atoms with Gasteiger partial charge in [-0.1, -0.05) is 0 Å². The lowest BCUT2D eigenvalue weighted by Gasteiger charge is -2.11. The summed E-state index contributed by atoms with van der Waals surface area (Å²) < 4.78 is 0. The standard InChI is InChI=1S/C16H12N6O2/c1-21(2)14-5-3-13(4-6-14)19-20-16-11(9-17)7-15(22(23)24)8-12(16)10-18/h3-8H,1-2H3. The molecule has 2 rings (SSSR count). The van der Waals surface area contributed by atoms with Crippen molar-refractivity contribution in [2.45, 2.75) is 0 Å². The third-order valence-electron chi connectivity index (χ3n) is 3.18. The number of nitrogens with zero attached hydrogens (tertiary/aromatic N) is 6. The molecule has 0 aromatic heterocycles. The fourth-order valence-electron chi connectivity index (χ4n) is 1.93. The Balaban J connectivity index is 2.43. The molecule has 2 aromatic carbocycles. The largest absolute Gasteiger partial charge is 0.378 e. The average molecular weight is 320 g/mol. The van der Waals surface area contributed by atoms with E-state index in [2.05, 4.69) is 10.2 Å². The average Bonchev–Trinajstić information content (AvgIpc) is 2.59. The van der Waals surface area contributed by atoms with Gasteiger partial charge in [-0.15, -0.1) is 5.11 Å². The number of hydrogen-bond acceptors (Lipinski definition) is 7. The van der Waals surface area contributed by atoms with Crippen molar-refractivity contribution >= 4 is 22.7 Å². The summed E-state index contributed by atoms with van der Waals surface area (Å²) >= 11 is 0. The third-order valence-corrected chi connectivity index (χ3v) is 3.18. The van der Waals surface area contributed by atoms with E-state index in [-0.39, 0.29) is 22.5 Å². The first-order valence-electron chi connectivity index (χ1n) is 6.78. The summed E-state index contributed by atoms with van der Waals surface area (Å²) in [5.74, 6) is 0. The van der Waals surface area contributed by atoms with Crippen molar-refractivity contribution in [3.05, 3.63) is 57.6 Å². The molecule has 0 aliphatic carbocycles. The summed E-state index contributed by atoms with van der Waals surface area (Å²) in [5, 5.41) is 37.1. The highest BCUT2D eigenvalue weighted by molar-refractivity contribution is 5.67. The van der Waals surface area contributed by atoms with Crippen LogP contribution in [0.1, 0.15) is 11.1 Å². The Hall–Kier alpha value is -3.78. The second-order valence-electron chi connectivity index (χ2n) is 4.98. The van der Waals surface area contributed by atoms with Gasteiger partial charge in [0.1, 0.15) is 17.8 Å². The Kier molecular flexibility index (Phi) is 4.83. The Morgan fingerprint density at radius 3 is 2.00 bits per heavy atom. The number of benzene rings is 2. The SMILES string of the molecule is CN(C)c1ccc(N=Nc2c(C#N)cc([N+](=O)[O-])cc2C#N)cc1. The van der Waals surface area contributed by atoms with Crippen molar-refractivity contribution in [2.75, 3.05) is 19.0 Å². The maximum Gasteiger partial charge on any atom is 0.272 e. The summed E-state index contributed by atoms with van der Waals surface area (Å²) in [7, 11) is 3.82. The molecule has 0 amide bonds. The lowest BCUT2D eigenvalue weighted by atomic mass is 10.1. The monoisotopic (exact) mass is 320 g/mol. The molecular weight excluding hydrogens is 308 g/mol. The van der Waals surface area contributed by atoms with Crippen molar-refractivity contribution in [1.82, 2.24) is 0 Å². The molecule has 0 heterocycles. The number of nitro groups is 1. The molecule has 8 nitrogen and oxygen atoms in total. The van der Waals surface area contributed by atoms with E-state index in [1.54, 1.807) is 12.1 Å². The number of nitriles is 2. The molecule has 0 unspecified atom stereocenters. The van der Waals surface area contributed by atoms with Crippen LogP contribution in [0.4, 0.5) is 22.7 Å². The lowest BCUT2D eigenvalue weighted by Crippen LogP contribution is -2.07. The van der Waals surface area contributed by atoms with Crippen LogP contribution in [0.3, 0.4) is 0 Å². The van der Waals surface area contributed by atoms with Crippen LogP contribution in [0.5, 0.6) is 0 Å². The Morgan fingerprint density at radius 2 is 1.58 bits per heavy atom. The topological polar surface area (TPSA) is 119 Å². The second kappa shape index (κ2) is 6.99. The van der Waals surface area contributed by atoms with E-state index >= 15 is 0 Å². The number of anilines is 1. The Morgan fingerprint density at radius 1 is 1.04 bits per heavy atom. The van der Waals surface area contributed by atoms with Crippen LogP contribution in [-0.4, -0.2) is 19.0 Å². The van der Waals surface area contributed by atoms with Gasteiger partial charge in [0.2, 0.25) is 0 Å². The minimum Gasteiger partial charge on any atom is -0.378 e. The Labute approximate surface area is 138 Å². The molecule has 0 atom stereocenters. The van der Waals surface area contributed by atoms with Crippen LogP contribution < -0.4 is 4.90 Å². The molecule has 0 fully saturated rings. The van der Waals surface area contributed by atoms with Gasteiger partial charge in [-0.05, 0) is 24.3 Å². The smallest absolute Gasteiger partial charge is 0.272 e. The molecule has 0 saturated heterocycles. The van der Waals surface area contributed by atoms with Gasteiger partial charge in [-0.25, -0.2) is 0 Å². The molecule has 0 radical (unpaired) electrons. The van der Waals surface area contributed by atoms with Crippen molar-refractivity contribution in [3.8, 4) is 12.1 Å². The number of hydrogen-bond donors (Lipinski definition) is 0. The number of nitro benzene ring substituents is 1. The van der Waals surface area contributed by atoms with E-state index in [1.165, 1.54) is 0 Å². The number of non-ortho nitro benzene ring substituents is 1. The molecule has 0 aliphatic rings. The molecule has 0 N–H and O–H groups in total. The molecule has 118 valence electrons. The minimum atomic E-state index is -0.664. The highest BCUT2D eigenvalue weighted by atomic mass is 16.6. The summed E-state index contributed by atoms with van der Waals surface area (Å²) in [6.45, 7) is 0. The van der Waals surface area contributed by atoms with Crippen molar-refractivity contribution in [3.63, 3.8) is 0 Å². The predicted octanol–water partition coefficient (Wildman–Crippen LogP) is 3.82. The van der Waals surface area contributed by atoms with Crippen LogP contribution >= 0.6 is 0 Å². The van der Waals surface area contributed by atoms with Crippen LogP contribution in [0, 0.1) is 32.8 Å². The van der Waals surface area contributed by atoms with Crippen LogP contribution in [0.25, 0.3) is 0 Å². The summed E-state index contributed by atoms with van der Waals surface area (Å²) in [6.07, 6.45) is 0. The zero-order valence-electron chi connectivity index (χ0n) is 13.0. The normalized spacial score (nSPS) is 10.2. The third kappa shape index (κ3) is 3.51. The first kappa shape index (κ1) is 16.6.